The summed E-state index contributed by atoms with van der Waals surface area (Å²) >= 11 is 1.42. The number of thiazole rings is 1. The van der Waals surface area contributed by atoms with Crippen molar-refractivity contribution >= 4 is 11.3 Å². The maximum absolute atomic E-state index is 12.6. The van der Waals surface area contributed by atoms with Crippen LogP contribution in [0.2, 0.25) is 0 Å². The Labute approximate surface area is 146 Å². The van der Waals surface area contributed by atoms with E-state index in [0.29, 0.717) is 23.7 Å². The Morgan fingerprint density at radius 1 is 1.12 bits per heavy atom. The van der Waals surface area contributed by atoms with Gasteiger partial charge in [0.05, 0.1) is 17.0 Å². The van der Waals surface area contributed by atoms with Gasteiger partial charge in [-0.25, -0.2) is 4.98 Å². The van der Waals surface area contributed by atoms with Crippen LogP contribution in [0.15, 0.2) is 40.2 Å². The molecule has 0 N–H and O–H groups in total. The van der Waals surface area contributed by atoms with Gasteiger partial charge in [-0.1, -0.05) is 17.3 Å². The van der Waals surface area contributed by atoms with Crippen LogP contribution in [0.1, 0.15) is 22.7 Å². The van der Waals surface area contributed by atoms with E-state index >= 15 is 0 Å². The Balaban J connectivity index is 1.65. The Hall–Kier alpha value is -2.19. The van der Waals surface area contributed by atoms with Gasteiger partial charge >= 0.3 is 6.18 Å². The van der Waals surface area contributed by atoms with Gasteiger partial charge in [-0.2, -0.15) is 13.2 Å². The summed E-state index contributed by atoms with van der Waals surface area (Å²) in [4.78, 5) is 6.56. The zero-order chi connectivity index (χ0) is 18.0. The predicted molar refractivity (Wildman–Crippen MR) is 89.0 cm³/mol. The molecule has 8 heteroatoms. The second-order valence-electron chi connectivity index (χ2n) is 5.82. The molecule has 4 nitrogen and oxygen atoms in total. The lowest BCUT2D eigenvalue weighted by Gasteiger charge is -2.12. The Bertz CT molecular complexity index is 839. The summed E-state index contributed by atoms with van der Waals surface area (Å²) < 4.78 is 42.9. The lowest BCUT2D eigenvalue weighted by atomic mass is 10.1. The van der Waals surface area contributed by atoms with E-state index in [9.17, 15) is 13.2 Å². The summed E-state index contributed by atoms with van der Waals surface area (Å²) in [6.45, 7) is 3.08. The second-order valence-corrected chi connectivity index (χ2v) is 6.68. The smallest absolute Gasteiger partial charge is 0.361 e. The van der Waals surface area contributed by atoms with Gasteiger partial charge in [0.25, 0.3) is 0 Å². The molecule has 0 fully saturated rings. The number of alkyl halides is 3. The van der Waals surface area contributed by atoms with E-state index in [-0.39, 0.29) is 0 Å². The summed E-state index contributed by atoms with van der Waals surface area (Å²) in [5.41, 5.74) is 1.73. The topological polar surface area (TPSA) is 42.2 Å². The molecule has 0 amide bonds. The molecule has 3 rings (SSSR count). The van der Waals surface area contributed by atoms with Crippen LogP contribution in [0.5, 0.6) is 0 Å². The van der Waals surface area contributed by atoms with Crippen molar-refractivity contribution < 1.29 is 17.7 Å². The van der Waals surface area contributed by atoms with E-state index in [1.165, 1.54) is 23.5 Å². The van der Waals surface area contributed by atoms with E-state index in [1.54, 1.807) is 0 Å². The van der Waals surface area contributed by atoms with Gasteiger partial charge < -0.3 is 4.52 Å². The standard InChI is InChI=1S/C17H16F3N3OS/c1-11-7-14(22-24-11)8-23(2)9-15-10-25-16(21-15)12-3-5-13(6-4-12)17(18,19)20/h3-7,10H,8-9H2,1-2H3. The van der Waals surface area contributed by atoms with Gasteiger partial charge in [0.2, 0.25) is 0 Å². The maximum Gasteiger partial charge on any atom is 0.416 e. The van der Waals surface area contributed by atoms with E-state index < -0.39 is 11.7 Å². The zero-order valence-corrected chi connectivity index (χ0v) is 14.5. The molecule has 0 spiro atoms. The molecular weight excluding hydrogens is 351 g/mol. The van der Waals surface area contributed by atoms with Gasteiger partial charge in [0.15, 0.2) is 0 Å². The minimum absolute atomic E-state index is 0.614. The van der Waals surface area contributed by atoms with Crippen molar-refractivity contribution in [2.75, 3.05) is 7.05 Å². The molecule has 0 saturated heterocycles. The Morgan fingerprint density at radius 2 is 1.80 bits per heavy atom. The molecule has 1 aromatic carbocycles. The Morgan fingerprint density at radius 3 is 2.40 bits per heavy atom. The van der Waals surface area contributed by atoms with Gasteiger partial charge in [0, 0.05) is 30.1 Å². The fourth-order valence-corrected chi connectivity index (χ4v) is 3.23. The monoisotopic (exact) mass is 367 g/mol. The summed E-state index contributed by atoms with van der Waals surface area (Å²) in [5.74, 6) is 0.765. The average molecular weight is 367 g/mol. The van der Waals surface area contributed by atoms with E-state index in [2.05, 4.69) is 10.1 Å². The first kappa shape index (κ1) is 17.6. The molecule has 0 aliphatic heterocycles. The highest BCUT2D eigenvalue weighted by Crippen LogP contribution is 2.31. The van der Waals surface area contributed by atoms with Crippen LogP contribution in [-0.2, 0) is 19.3 Å². The molecule has 3 aromatic rings. The minimum atomic E-state index is -4.32. The number of aryl methyl sites for hydroxylation is 1. The molecule has 0 aliphatic rings. The third-order valence-electron chi connectivity index (χ3n) is 3.55. The molecular formula is C17H16F3N3OS. The van der Waals surface area contributed by atoms with E-state index in [0.717, 1.165) is 29.3 Å². The van der Waals surface area contributed by atoms with Gasteiger partial charge in [0.1, 0.15) is 10.8 Å². The molecule has 0 bridgehead atoms. The first-order valence-electron chi connectivity index (χ1n) is 7.54. The lowest BCUT2D eigenvalue weighted by Crippen LogP contribution is -2.17. The lowest BCUT2D eigenvalue weighted by molar-refractivity contribution is -0.137. The number of nitrogens with zero attached hydrogens (tertiary/aromatic N) is 3. The number of halogens is 3. The van der Waals surface area contributed by atoms with Crippen LogP contribution >= 0.6 is 11.3 Å². The highest BCUT2D eigenvalue weighted by molar-refractivity contribution is 7.13. The van der Waals surface area contributed by atoms with Crippen LogP contribution in [0, 0.1) is 6.92 Å². The third-order valence-corrected chi connectivity index (χ3v) is 4.49. The second kappa shape index (κ2) is 6.97. The number of hydrogen-bond acceptors (Lipinski definition) is 5. The summed E-state index contributed by atoms with van der Waals surface area (Å²) in [5, 5.41) is 6.57. The number of hydrogen-bond donors (Lipinski definition) is 0. The SMILES string of the molecule is Cc1cc(CN(C)Cc2csc(-c3ccc(C(F)(F)F)cc3)n2)no1. The summed E-state index contributed by atoms with van der Waals surface area (Å²) in [6.07, 6.45) is -4.32. The minimum Gasteiger partial charge on any atom is -0.361 e. The van der Waals surface area contributed by atoms with Crippen molar-refractivity contribution in [1.29, 1.82) is 0 Å². The third kappa shape index (κ3) is 4.46. The van der Waals surface area contributed by atoms with Gasteiger partial charge in [-0.05, 0) is 26.1 Å². The van der Waals surface area contributed by atoms with E-state index in [1.807, 2.05) is 30.3 Å². The quantitative estimate of drug-likeness (QED) is 0.652. The number of rotatable bonds is 5. The molecule has 0 aliphatic carbocycles. The fraction of sp³-hybridized carbons (Fsp3) is 0.294. The van der Waals surface area contributed by atoms with Gasteiger partial charge in [-0.15, -0.1) is 11.3 Å². The van der Waals surface area contributed by atoms with Crippen molar-refractivity contribution in [3.8, 4) is 10.6 Å². The van der Waals surface area contributed by atoms with Crippen molar-refractivity contribution in [3.05, 3.63) is 58.4 Å². The van der Waals surface area contributed by atoms with Crippen molar-refractivity contribution in [1.82, 2.24) is 15.0 Å². The zero-order valence-electron chi connectivity index (χ0n) is 13.7. The summed E-state index contributed by atoms with van der Waals surface area (Å²) in [7, 11) is 1.95. The molecule has 132 valence electrons. The maximum atomic E-state index is 12.6. The molecule has 0 atom stereocenters. The molecule has 25 heavy (non-hydrogen) atoms. The van der Waals surface area contributed by atoms with E-state index in [4.69, 9.17) is 4.52 Å². The molecule has 2 aromatic heterocycles. The van der Waals surface area contributed by atoms with Crippen molar-refractivity contribution in [2.45, 2.75) is 26.2 Å². The predicted octanol–water partition coefficient (Wildman–Crippen LogP) is 4.76. The normalized spacial score (nSPS) is 12.1. The van der Waals surface area contributed by atoms with Crippen LogP contribution < -0.4 is 0 Å². The first-order valence-corrected chi connectivity index (χ1v) is 8.42. The number of aromatic nitrogens is 2. The fourth-order valence-electron chi connectivity index (χ4n) is 2.42. The molecule has 0 unspecified atom stereocenters. The van der Waals surface area contributed by atoms with Crippen molar-refractivity contribution in [3.63, 3.8) is 0 Å². The number of benzene rings is 1. The molecule has 0 radical (unpaired) electrons. The average Bonchev–Trinajstić information content (AvgIpc) is 3.16. The Kier molecular flexibility index (Phi) is 4.91. The van der Waals surface area contributed by atoms with Crippen LogP contribution in [-0.4, -0.2) is 22.1 Å². The summed E-state index contributed by atoms with van der Waals surface area (Å²) in [6, 6.07) is 6.94. The van der Waals surface area contributed by atoms with Crippen LogP contribution in [0.3, 0.4) is 0 Å². The highest BCUT2D eigenvalue weighted by atomic mass is 32.1. The molecule has 0 saturated carbocycles. The molecule has 2 heterocycles. The largest absolute Gasteiger partial charge is 0.416 e. The highest BCUT2D eigenvalue weighted by Gasteiger charge is 2.30. The van der Waals surface area contributed by atoms with Gasteiger partial charge in [-0.3, -0.25) is 4.90 Å². The van der Waals surface area contributed by atoms with Crippen LogP contribution in [0.4, 0.5) is 13.2 Å². The van der Waals surface area contributed by atoms with Crippen LogP contribution in [0.25, 0.3) is 10.6 Å². The van der Waals surface area contributed by atoms with Crippen molar-refractivity contribution in [2.24, 2.45) is 0 Å². The first-order chi connectivity index (χ1) is 11.8.